The predicted molar refractivity (Wildman–Crippen MR) is 533 cm³/mol. The Morgan fingerprint density at radius 1 is 0.450 bits per heavy atom. The smallest absolute Gasteiger partial charge is 0.418 e. The number of nitrogens with two attached hydrogens (primary N) is 2. The highest BCUT2D eigenvalue weighted by Crippen LogP contribution is 2.35. The van der Waals surface area contributed by atoms with Crippen LogP contribution in [0.2, 0.25) is 137 Å². The SMILES string of the molecule is C.CCCCCCCCCOC(=O)Cl.CCCCCCCCCOC(=O)N1CN(C2CC(O[Si](C)(C)C)C(CO[Si](C)(C)C)O2)C(=O)NC1=N.CCCCCCCCCOC(=O)NC1=NCN(C2CC(O[Si](C)(C)C)C(CO[Si](C)(C)C)O2)C(=O)N1.C[Si](C)(C)Cl.C[Si](C)(C)OCC1OC(N2CN=C(N)NC2=O)CC1O[Si](C)(C)C.NC1=NCN(C2CC(O)C(CO)O2)C(=O)N1. The molecule has 0 aliphatic carbocycles. The van der Waals surface area contributed by atoms with E-state index in [1.165, 1.54) is 98.2 Å². The van der Waals surface area contributed by atoms with Crippen LogP contribution in [0.3, 0.4) is 0 Å². The van der Waals surface area contributed by atoms with Crippen LogP contribution >= 0.6 is 22.7 Å². The van der Waals surface area contributed by atoms with E-state index in [0.29, 0.717) is 58.9 Å². The van der Waals surface area contributed by atoms with Crippen LogP contribution in [0.5, 0.6) is 0 Å². The molecule has 0 radical (unpaired) electrons. The minimum Gasteiger partial charge on any atom is -0.454 e. The zero-order chi connectivity index (χ0) is 98.0. The Morgan fingerprint density at radius 3 is 1.08 bits per heavy atom. The van der Waals surface area contributed by atoms with Gasteiger partial charge in [0.25, 0.3) is 0 Å². The minimum absolute atomic E-state index is 0. The molecular weight excluding hydrogens is 1850 g/mol. The number of amides is 10. The molecule has 0 aromatic carbocycles. The third kappa shape index (κ3) is 54.1. The van der Waals surface area contributed by atoms with Crippen molar-refractivity contribution in [3.8, 4) is 0 Å². The largest absolute Gasteiger partial charge is 0.454 e. The number of carbonyl (C=O) groups is 7. The number of guanidine groups is 4. The van der Waals surface area contributed by atoms with Crippen molar-refractivity contribution < 1.29 is 103 Å². The minimum atomic E-state index is -1.87. The first kappa shape index (κ1) is 122. The van der Waals surface area contributed by atoms with E-state index in [4.69, 9.17) is 99.6 Å². The van der Waals surface area contributed by atoms with Crippen LogP contribution in [-0.4, -0.2) is 304 Å². The predicted octanol–water partition coefficient (Wildman–Crippen LogP) is 16.3. The summed E-state index contributed by atoms with van der Waals surface area (Å²) >= 11 is 10.7. The van der Waals surface area contributed by atoms with Gasteiger partial charge in [0.1, 0.15) is 83.4 Å². The summed E-state index contributed by atoms with van der Waals surface area (Å²) in [5.41, 5.74) is 10.2. The zero-order valence-electron chi connectivity index (χ0n) is 82.9. The number of alkyl carbamates (subject to hydrolysis) is 1. The molecule has 0 saturated carbocycles. The first-order valence-corrected chi connectivity index (χ1v) is 72.1. The van der Waals surface area contributed by atoms with E-state index in [2.05, 4.69) is 205 Å². The average molecular weight is 2030 g/mol. The number of nitrogens with one attached hydrogen (secondary N) is 6. The van der Waals surface area contributed by atoms with Gasteiger partial charge in [-0.2, -0.15) is 11.1 Å². The summed E-state index contributed by atoms with van der Waals surface area (Å²) in [6.45, 7) is 53.7. The second kappa shape index (κ2) is 60.7. The second-order valence-corrected chi connectivity index (χ2v) is 75.0. The lowest BCUT2D eigenvalue weighted by Gasteiger charge is -2.37. The maximum absolute atomic E-state index is 12.8. The van der Waals surface area contributed by atoms with Crippen LogP contribution in [-0.2, 0) is 59.7 Å². The molecule has 10 amide bonds. The van der Waals surface area contributed by atoms with Gasteiger partial charge in [-0.3, -0.25) is 51.6 Å². The van der Waals surface area contributed by atoms with E-state index in [1.54, 1.807) is 4.90 Å². The van der Waals surface area contributed by atoms with Crippen LogP contribution in [0.1, 0.15) is 189 Å². The number of hydrogen-bond acceptors (Lipinski definition) is 28. The highest BCUT2D eigenvalue weighted by molar-refractivity contribution is 7.18. The van der Waals surface area contributed by atoms with Crippen molar-refractivity contribution in [2.45, 2.75) is 400 Å². The van der Waals surface area contributed by atoms with Crippen molar-refractivity contribution in [3.05, 3.63) is 0 Å². The first-order valence-electron chi connectivity index (χ1n) is 46.8. The summed E-state index contributed by atoms with van der Waals surface area (Å²) in [7, 11) is -11.7. The Balaban J connectivity index is 0.000000569. The van der Waals surface area contributed by atoms with Gasteiger partial charge in [0, 0.05) is 37.3 Å². The number of aliphatic imine (C=N–C) groups is 3. The molecule has 5 saturated heterocycles. The molecule has 762 valence electrons. The molecule has 12 unspecified atom stereocenters. The van der Waals surface area contributed by atoms with Crippen LogP contribution in [0.15, 0.2) is 15.0 Å². The number of rotatable bonds is 44. The average Bonchev–Trinajstić information content (AvgIpc) is 1.68. The van der Waals surface area contributed by atoms with Crippen molar-refractivity contribution in [2.75, 3.05) is 72.9 Å². The van der Waals surface area contributed by atoms with Crippen molar-refractivity contribution in [1.29, 1.82) is 5.41 Å². The standard InChI is InChI=1S/2C24H48N4O6Si2.C14H30N4O4Si2.C10H19ClO2.C8H14N4O4.C3H9ClSi.CH4/c1-8-9-10-11-12-13-14-15-31-24(30)28-18-27(23(29)26-22(28)25)21-16-19(34-36(5,6)7)20(33-21)17-32-35(2,3)4;1-8-9-10-11-12-13-14-15-31-24(30)27-22-25-18-28(23(29)26-22)21-16-19(34-36(5,6)7)20(33-21)17-32-35(2,3)4;1-23(2,3)20-8-11-10(22-24(4,5)6)7-12(21-11)18-9-16-13(15)17-14(18)19;1-2-3-4-5-6-7-8-9-13-10(11)12;9-7-10-3-12(8(15)11-7)6-1-4(14)5(2-13)16-6;1-5(2,3)4;/h19-21H,8-18H2,1-7H3,(H2,25,26,29);19-21H,8-18H2,1-7H3,(H2,25,26,27,29,30);10-12H,7-9H2,1-6H3,(H3,15,16,17,19);2-9H2,1H3;4-6,13-14H,1-3H2,(H3,9,10,11,15);1-3H3;1H4. The lowest BCUT2D eigenvalue weighted by molar-refractivity contribution is -0.0684. The third-order valence-corrected chi connectivity index (χ3v) is 26.2. The molecule has 8 aliphatic rings. The highest BCUT2D eigenvalue weighted by atomic mass is 35.6. The fraction of sp³-hybridized carbons (Fsp3) is 0.869. The maximum atomic E-state index is 12.8. The van der Waals surface area contributed by atoms with Crippen LogP contribution in [0.4, 0.5) is 33.6 Å². The third-order valence-electron chi connectivity index (χ3n) is 19.9. The van der Waals surface area contributed by atoms with Crippen LogP contribution in [0, 0.1) is 5.41 Å². The number of hydrogen-bond donors (Lipinski definition) is 10. The van der Waals surface area contributed by atoms with Gasteiger partial charge < -0.3 is 81.4 Å². The lowest BCUT2D eigenvalue weighted by Crippen LogP contribution is -2.63. The molecule has 12 atom stereocenters. The molecule has 0 aromatic heterocycles. The van der Waals surface area contributed by atoms with Gasteiger partial charge in [0.05, 0.1) is 70.7 Å². The van der Waals surface area contributed by atoms with Gasteiger partial charge >= 0.3 is 41.7 Å². The molecular formula is C84H172Cl2N16O22Si7. The van der Waals surface area contributed by atoms with E-state index < -0.39 is 118 Å². The zero-order valence-corrected chi connectivity index (χ0v) is 91.4. The van der Waals surface area contributed by atoms with Crippen molar-refractivity contribution in [1.82, 2.24) is 51.1 Å². The Hall–Kier alpha value is -5.01. The van der Waals surface area contributed by atoms with Gasteiger partial charge in [-0.1, -0.05) is 163 Å². The number of halogens is 2. The molecule has 0 spiro atoms. The van der Waals surface area contributed by atoms with Gasteiger partial charge in [-0.15, -0.1) is 0 Å². The number of unbranched alkanes of at least 4 members (excludes halogenated alkanes) is 18. The molecule has 47 heteroatoms. The molecule has 0 aromatic rings. The number of aliphatic hydroxyl groups is 2. The lowest BCUT2D eigenvalue weighted by atomic mass is 10.1. The normalized spacial score (nSPS) is 23.6. The fourth-order valence-corrected chi connectivity index (χ4v) is 19.3. The molecule has 8 rings (SSSR count). The van der Waals surface area contributed by atoms with E-state index in [1.807, 2.05) is 0 Å². The summed E-state index contributed by atoms with van der Waals surface area (Å²) in [4.78, 5) is 103. The highest BCUT2D eigenvalue weighted by Gasteiger charge is 2.49. The summed E-state index contributed by atoms with van der Waals surface area (Å²) in [5, 5.41) is 39.0. The van der Waals surface area contributed by atoms with Crippen molar-refractivity contribution in [3.63, 3.8) is 0 Å². The van der Waals surface area contributed by atoms with Crippen LogP contribution in [0.25, 0.3) is 0 Å². The van der Waals surface area contributed by atoms with Crippen molar-refractivity contribution >= 4 is 146 Å². The van der Waals surface area contributed by atoms with Gasteiger partial charge in [-0.05, 0) is 137 Å². The van der Waals surface area contributed by atoms with Crippen LogP contribution < -0.4 is 38.1 Å². The van der Waals surface area contributed by atoms with E-state index >= 15 is 0 Å². The summed E-state index contributed by atoms with van der Waals surface area (Å²) in [6.07, 6.45) is 20.5. The monoisotopic (exact) mass is 2020 g/mol. The number of aliphatic hydroxyl groups excluding tert-OH is 2. The topological polar surface area (TPSA) is 469 Å². The summed E-state index contributed by atoms with van der Waals surface area (Å²) in [6, 6.07) is -1.55. The molecule has 5 fully saturated rings. The molecule has 8 heterocycles. The molecule has 0 bridgehead atoms. The fourth-order valence-electron chi connectivity index (χ4n) is 13.7. The molecule has 38 nitrogen and oxygen atoms in total. The number of carbonyl (C=O) groups excluding carboxylic acids is 7. The Labute approximate surface area is 800 Å². The van der Waals surface area contributed by atoms with Gasteiger partial charge in [-0.25, -0.2) is 53.4 Å². The quantitative estimate of drug-likeness (QED) is 0.00890. The van der Waals surface area contributed by atoms with E-state index in [-0.39, 0.29) is 126 Å². The van der Waals surface area contributed by atoms with Gasteiger partial charge in [0.15, 0.2) is 61.8 Å². The Bertz CT molecular complexity index is 3480. The van der Waals surface area contributed by atoms with E-state index in [0.717, 1.165) is 56.3 Å². The molecule has 12 N–H and O–H groups in total. The van der Waals surface area contributed by atoms with E-state index in [9.17, 15) is 38.7 Å². The summed E-state index contributed by atoms with van der Waals surface area (Å²) in [5.74, 6) is 0.0147. The first-order chi connectivity index (χ1) is 60.5. The number of ether oxygens (including phenoxy) is 7. The molecule has 131 heavy (non-hydrogen) atoms. The molecule has 8 aliphatic heterocycles. The Kier molecular flexibility index (Phi) is 56.5. The Morgan fingerprint density at radius 2 is 0.756 bits per heavy atom. The maximum Gasteiger partial charge on any atom is 0.418 e. The van der Waals surface area contributed by atoms with Gasteiger partial charge in [0.2, 0.25) is 11.9 Å². The number of nitrogens with zero attached hydrogens (tertiary/aromatic N) is 8. The summed E-state index contributed by atoms with van der Waals surface area (Å²) < 4.78 is 76.4. The number of urea groups is 4. The second-order valence-electron chi connectivity index (χ2n) is 40.2. The van der Waals surface area contributed by atoms with Crippen molar-refractivity contribution in [2.24, 2.45) is 26.4 Å².